The molecule has 0 N–H and O–H groups in total. The van der Waals surface area contributed by atoms with Gasteiger partial charge < -0.3 is 4.74 Å². The minimum Gasteiger partial charge on any atom is -0.496 e. The minimum atomic E-state index is -0.607. The Morgan fingerprint density at radius 1 is 1.56 bits per heavy atom. The quantitative estimate of drug-likeness (QED) is 0.603. The van der Waals surface area contributed by atoms with Crippen LogP contribution in [0.3, 0.4) is 0 Å². The van der Waals surface area contributed by atoms with Gasteiger partial charge in [-0.1, -0.05) is 11.6 Å². The molecule has 16 heavy (non-hydrogen) atoms. The van der Waals surface area contributed by atoms with Gasteiger partial charge in [0, 0.05) is 11.6 Å². The third-order valence-corrected chi connectivity index (χ3v) is 3.02. The van der Waals surface area contributed by atoms with Crippen LogP contribution in [0.5, 0.6) is 5.75 Å². The molecule has 0 spiro atoms. The molecule has 1 aliphatic rings. The average molecular weight is 242 g/mol. The summed E-state index contributed by atoms with van der Waals surface area (Å²) in [5, 5.41) is 0.00294. The molecule has 0 aliphatic heterocycles. The molecule has 0 amide bonds. The third-order valence-electron chi connectivity index (χ3n) is 2.73. The lowest BCUT2D eigenvalue weighted by Gasteiger charge is -2.14. The lowest BCUT2D eigenvalue weighted by atomic mass is 10.0. The molecule has 0 heterocycles. The van der Waals surface area contributed by atoms with E-state index >= 15 is 0 Å². The van der Waals surface area contributed by atoms with Crippen molar-refractivity contribution in [1.29, 1.82) is 0 Å². The molecule has 1 saturated carbocycles. The van der Waals surface area contributed by atoms with Crippen LogP contribution >= 0.6 is 11.6 Å². The van der Waals surface area contributed by atoms with Gasteiger partial charge in [-0.05, 0) is 18.9 Å². The Morgan fingerprint density at radius 3 is 2.75 bits per heavy atom. The number of hydrogen-bond acceptors (Lipinski definition) is 3. The van der Waals surface area contributed by atoms with Gasteiger partial charge in [0.25, 0.3) is 0 Å². The predicted molar refractivity (Wildman–Crippen MR) is 57.0 cm³/mol. The number of benzene rings is 1. The summed E-state index contributed by atoms with van der Waals surface area (Å²) in [5.41, 5.74) is 0.0366. The van der Waals surface area contributed by atoms with Crippen LogP contribution in [0, 0.1) is 5.82 Å². The normalized spacial score (nSPS) is 16.4. The van der Waals surface area contributed by atoms with E-state index in [-0.39, 0.29) is 5.02 Å². The first-order chi connectivity index (χ1) is 7.63. The molecule has 0 atom stereocenters. The molecule has 0 saturated heterocycles. The SMILES string of the molecule is COc1cc(F)c(Cl)cc1C1(N=C=O)CC1. The second-order valence-corrected chi connectivity index (χ2v) is 4.11. The van der Waals surface area contributed by atoms with Gasteiger partial charge in [0.15, 0.2) is 0 Å². The summed E-state index contributed by atoms with van der Waals surface area (Å²) in [6.45, 7) is 0. The fraction of sp³-hybridized carbons (Fsp3) is 0.364. The highest BCUT2D eigenvalue weighted by Crippen LogP contribution is 2.52. The number of methoxy groups -OCH3 is 1. The molecule has 1 aromatic rings. The Balaban J connectivity index is 2.55. The molecular formula is C11H9ClFNO2. The smallest absolute Gasteiger partial charge is 0.235 e. The average Bonchev–Trinajstić information content (AvgIpc) is 3.03. The highest BCUT2D eigenvalue weighted by atomic mass is 35.5. The number of halogens is 2. The van der Waals surface area contributed by atoms with Crippen molar-refractivity contribution in [2.24, 2.45) is 4.99 Å². The van der Waals surface area contributed by atoms with Gasteiger partial charge >= 0.3 is 0 Å². The Kier molecular flexibility index (Phi) is 2.70. The number of carbonyl (C=O) groups excluding carboxylic acids is 1. The van der Waals surface area contributed by atoms with Crippen molar-refractivity contribution in [3.63, 3.8) is 0 Å². The molecule has 1 aromatic carbocycles. The first-order valence-corrected chi connectivity index (χ1v) is 5.13. The molecule has 3 nitrogen and oxygen atoms in total. The maximum atomic E-state index is 13.2. The van der Waals surface area contributed by atoms with Crippen LogP contribution in [0.15, 0.2) is 17.1 Å². The van der Waals surface area contributed by atoms with E-state index in [9.17, 15) is 9.18 Å². The summed E-state index contributed by atoms with van der Waals surface area (Å²) >= 11 is 5.71. The van der Waals surface area contributed by atoms with Crippen LogP contribution in [-0.2, 0) is 10.3 Å². The van der Waals surface area contributed by atoms with Crippen LogP contribution in [-0.4, -0.2) is 13.2 Å². The largest absolute Gasteiger partial charge is 0.496 e. The maximum absolute atomic E-state index is 13.2. The number of ether oxygens (including phenoxy) is 1. The van der Waals surface area contributed by atoms with Crippen LogP contribution in [0.25, 0.3) is 0 Å². The Bertz CT molecular complexity index is 479. The summed E-state index contributed by atoms with van der Waals surface area (Å²) in [5.74, 6) is -0.188. The summed E-state index contributed by atoms with van der Waals surface area (Å²) in [7, 11) is 1.44. The van der Waals surface area contributed by atoms with E-state index in [1.54, 1.807) is 0 Å². The minimum absolute atomic E-state index is 0.00294. The van der Waals surface area contributed by atoms with Crippen LogP contribution in [0.1, 0.15) is 18.4 Å². The summed E-state index contributed by atoms with van der Waals surface area (Å²) in [6, 6.07) is 2.67. The third kappa shape index (κ3) is 1.70. The van der Waals surface area contributed by atoms with Crippen molar-refractivity contribution < 1.29 is 13.9 Å². The first-order valence-electron chi connectivity index (χ1n) is 4.75. The highest BCUT2D eigenvalue weighted by molar-refractivity contribution is 6.30. The van der Waals surface area contributed by atoms with E-state index in [1.807, 2.05) is 0 Å². The zero-order valence-electron chi connectivity index (χ0n) is 8.59. The van der Waals surface area contributed by atoms with E-state index in [0.29, 0.717) is 11.3 Å². The van der Waals surface area contributed by atoms with Crippen molar-refractivity contribution in [2.75, 3.05) is 7.11 Å². The summed E-state index contributed by atoms with van der Waals surface area (Å²) in [4.78, 5) is 14.1. The fourth-order valence-electron chi connectivity index (χ4n) is 1.71. The fourth-order valence-corrected chi connectivity index (χ4v) is 1.87. The number of nitrogens with zero attached hydrogens (tertiary/aromatic N) is 1. The maximum Gasteiger partial charge on any atom is 0.235 e. The van der Waals surface area contributed by atoms with Crippen molar-refractivity contribution in [3.05, 3.63) is 28.5 Å². The highest BCUT2D eigenvalue weighted by Gasteiger charge is 2.47. The van der Waals surface area contributed by atoms with Gasteiger partial charge in [0.05, 0.1) is 12.1 Å². The molecule has 5 heteroatoms. The molecule has 0 aromatic heterocycles. The van der Waals surface area contributed by atoms with E-state index < -0.39 is 11.4 Å². The van der Waals surface area contributed by atoms with E-state index in [0.717, 1.165) is 12.8 Å². The van der Waals surface area contributed by atoms with Gasteiger partial charge in [-0.3, -0.25) is 0 Å². The topological polar surface area (TPSA) is 38.7 Å². The molecule has 1 fully saturated rings. The van der Waals surface area contributed by atoms with Crippen molar-refractivity contribution in [1.82, 2.24) is 0 Å². The van der Waals surface area contributed by atoms with Gasteiger partial charge in [-0.15, -0.1) is 0 Å². The Hall–Kier alpha value is -1.38. The lowest BCUT2D eigenvalue weighted by Crippen LogP contribution is -2.05. The zero-order valence-corrected chi connectivity index (χ0v) is 9.34. The van der Waals surface area contributed by atoms with Gasteiger partial charge in [0.1, 0.15) is 17.1 Å². The van der Waals surface area contributed by atoms with E-state index in [2.05, 4.69) is 4.99 Å². The molecule has 0 radical (unpaired) electrons. The first kappa shape index (κ1) is 11.1. The van der Waals surface area contributed by atoms with Crippen molar-refractivity contribution in [3.8, 4) is 5.75 Å². The number of aliphatic imine (C=N–C) groups is 1. The van der Waals surface area contributed by atoms with E-state index in [4.69, 9.17) is 16.3 Å². The molecular weight excluding hydrogens is 233 g/mol. The molecule has 0 bridgehead atoms. The second-order valence-electron chi connectivity index (χ2n) is 3.70. The Labute approximate surface area is 96.9 Å². The summed E-state index contributed by atoms with van der Waals surface area (Å²) in [6.07, 6.45) is 2.98. The van der Waals surface area contributed by atoms with Crippen LogP contribution in [0.2, 0.25) is 5.02 Å². The summed E-state index contributed by atoms with van der Waals surface area (Å²) < 4.78 is 18.3. The molecule has 84 valence electrons. The molecule has 2 rings (SSSR count). The Morgan fingerprint density at radius 2 is 2.25 bits per heavy atom. The van der Waals surface area contributed by atoms with Crippen LogP contribution in [0.4, 0.5) is 4.39 Å². The van der Waals surface area contributed by atoms with E-state index in [1.165, 1.54) is 25.3 Å². The number of hydrogen-bond donors (Lipinski definition) is 0. The van der Waals surface area contributed by atoms with Crippen molar-refractivity contribution >= 4 is 17.7 Å². The molecule has 0 unspecified atom stereocenters. The monoisotopic (exact) mass is 241 g/mol. The second kappa shape index (κ2) is 3.89. The van der Waals surface area contributed by atoms with Gasteiger partial charge in [-0.25, -0.2) is 9.18 Å². The zero-order chi connectivity index (χ0) is 11.8. The van der Waals surface area contributed by atoms with Gasteiger partial charge in [0.2, 0.25) is 6.08 Å². The number of rotatable bonds is 3. The van der Waals surface area contributed by atoms with Crippen LogP contribution < -0.4 is 4.74 Å². The standard InChI is InChI=1S/C11H9ClFNO2/c1-16-10-5-9(13)8(12)4-7(10)11(2-3-11)14-6-15/h4-5H,2-3H2,1H3. The molecule has 1 aliphatic carbocycles. The number of isocyanates is 1. The van der Waals surface area contributed by atoms with Crippen molar-refractivity contribution in [2.45, 2.75) is 18.4 Å². The lowest BCUT2D eigenvalue weighted by molar-refractivity contribution is 0.401. The van der Waals surface area contributed by atoms with Gasteiger partial charge in [-0.2, -0.15) is 4.99 Å². The predicted octanol–water partition coefficient (Wildman–Crippen LogP) is 2.81.